The van der Waals surface area contributed by atoms with Crippen LogP contribution in [0.3, 0.4) is 0 Å². The standard InChI is InChI=1S/C18H17ClFN3O4/c19-12-7-5-11(6-8-12)15(23-18(21)26)9-17(25)27-10-16(24)22-14-4-2-1-3-13(14)20/h1-8,15H,9-10H2,(H,22,24)(H3,21,23,26)/t15-/m0/s1. The number of hydrogen-bond acceptors (Lipinski definition) is 4. The summed E-state index contributed by atoms with van der Waals surface area (Å²) in [7, 11) is 0. The fraction of sp³-hybridized carbons (Fsp3) is 0.167. The molecular weight excluding hydrogens is 377 g/mol. The van der Waals surface area contributed by atoms with Gasteiger partial charge in [-0.15, -0.1) is 0 Å². The first-order valence-corrected chi connectivity index (χ1v) is 8.24. The number of ether oxygens (including phenoxy) is 1. The SMILES string of the molecule is NC(=O)N[C@@H](CC(=O)OCC(=O)Nc1ccccc1F)c1ccc(Cl)cc1. The van der Waals surface area contributed by atoms with E-state index >= 15 is 0 Å². The van der Waals surface area contributed by atoms with E-state index in [9.17, 15) is 18.8 Å². The van der Waals surface area contributed by atoms with Crippen LogP contribution >= 0.6 is 11.6 Å². The van der Waals surface area contributed by atoms with Crippen LogP contribution in [0.15, 0.2) is 48.5 Å². The molecule has 7 nitrogen and oxygen atoms in total. The molecular formula is C18H17ClFN3O4. The van der Waals surface area contributed by atoms with Crippen LogP contribution in [0.4, 0.5) is 14.9 Å². The Hall–Kier alpha value is -3.13. The summed E-state index contributed by atoms with van der Waals surface area (Å²) < 4.78 is 18.4. The molecule has 0 spiro atoms. The van der Waals surface area contributed by atoms with Gasteiger partial charge < -0.3 is 21.1 Å². The van der Waals surface area contributed by atoms with Gasteiger partial charge in [0.2, 0.25) is 0 Å². The molecule has 0 aliphatic rings. The molecule has 2 aromatic rings. The minimum Gasteiger partial charge on any atom is -0.455 e. The maximum atomic E-state index is 13.5. The maximum Gasteiger partial charge on any atom is 0.312 e. The average molecular weight is 394 g/mol. The zero-order chi connectivity index (χ0) is 19.8. The van der Waals surface area contributed by atoms with Crippen LogP contribution in [0.1, 0.15) is 18.0 Å². The first-order valence-electron chi connectivity index (χ1n) is 7.86. The summed E-state index contributed by atoms with van der Waals surface area (Å²) in [6.45, 7) is -0.600. The van der Waals surface area contributed by atoms with Crippen molar-refractivity contribution in [3.8, 4) is 0 Å². The van der Waals surface area contributed by atoms with Crippen LogP contribution in [0.25, 0.3) is 0 Å². The second-order valence-corrected chi connectivity index (χ2v) is 5.94. The van der Waals surface area contributed by atoms with E-state index in [1.54, 1.807) is 30.3 Å². The second-order valence-electron chi connectivity index (χ2n) is 5.51. The Morgan fingerprint density at radius 1 is 1.11 bits per heavy atom. The van der Waals surface area contributed by atoms with E-state index < -0.39 is 36.4 Å². The number of nitrogens with one attached hydrogen (secondary N) is 2. The highest BCUT2D eigenvalue weighted by molar-refractivity contribution is 6.30. The number of nitrogens with two attached hydrogens (primary N) is 1. The van der Waals surface area contributed by atoms with Gasteiger partial charge in [-0.3, -0.25) is 9.59 Å². The fourth-order valence-corrected chi connectivity index (χ4v) is 2.37. The molecule has 9 heteroatoms. The number of benzene rings is 2. The predicted octanol–water partition coefficient (Wildman–Crippen LogP) is 2.76. The first-order chi connectivity index (χ1) is 12.8. The van der Waals surface area contributed by atoms with Crippen molar-refractivity contribution in [3.05, 3.63) is 64.9 Å². The molecule has 4 N–H and O–H groups in total. The lowest BCUT2D eigenvalue weighted by molar-refractivity contribution is -0.147. The van der Waals surface area contributed by atoms with Crippen LogP contribution < -0.4 is 16.4 Å². The second kappa shape index (κ2) is 9.54. The van der Waals surface area contributed by atoms with Gasteiger partial charge in [-0.25, -0.2) is 9.18 Å². The minimum absolute atomic E-state index is 0.0204. The fourth-order valence-electron chi connectivity index (χ4n) is 2.24. The summed E-state index contributed by atoms with van der Waals surface area (Å²) in [6.07, 6.45) is -0.252. The number of urea groups is 1. The third-order valence-corrected chi connectivity index (χ3v) is 3.72. The molecule has 3 amide bonds. The summed E-state index contributed by atoms with van der Waals surface area (Å²) in [5, 5.41) is 5.21. The van der Waals surface area contributed by atoms with Crippen LogP contribution in [-0.2, 0) is 14.3 Å². The van der Waals surface area contributed by atoms with Gasteiger partial charge >= 0.3 is 12.0 Å². The monoisotopic (exact) mass is 393 g/mol. The van der Waals surface area contributed by atoms with E-state index in [2.05, 4.69) is 10.6 Å². The molecule has 0 heterocycles. The van der Waals surface area contributed by atoms with E-state index in [1.807, 2.05) is 0 Å². The topological polar surface area (TPSA) is 111 Å². The van der Waals surface area contributed by atoms with Gasteiger partial charge in [0, 0.05) is 5.02 Å². The maximum absolute atomic E-state index is 13.5. The number of rotatable bonds is 7. The van der Waals surface area contributed by atoms with Crippen molar-refractivity contribution in [2.45, 2.75) is 12.5 Å². The van der Waals surface area contributed by atoms with Crippen molar-refractivity contribution >= 4 is 35.2 Å². The van der Waals surface area contributed by atoms with Crippen molar-refractivity contribution in [2.24, 2.45) is 5.73 Å². The summed E-state index contributed by atoms with van der Waals surface area (Å²) in [5.74, 6) is -2.04. The van der Waals surface area contributed by atoms with Crippen molar-refractivity contribution in [1.29, 1.82) is 0 Å². The Morgan fingerprint density at radius 2 is 1.78 bits per heavy atom. The van der Waals surface area contributed by atoms with E-state index in [0.717, 1.165) is 0 Å². The van der Waals surface area contributed by atoms with Gasteiger partial charge in [0.05, 0.1) is 18.2 Å². The predicted molar refractivity (Wildman–Crippen MR) is 97.5 cm³/mol. The Kier molecular flexibility index (Phi) is 7.13. The van der Waals surface area contributed by atoms with E-state index in [4.69, 9.17) is 22.1 Å². The number of para-hydroxylation sites is 1. The zero-order valence-electron chi connectivity index (χ0n) is 14.1. The van der Waals surface area contributed by atoms with Crippen LogP contribution in [0, 0.1) is 5.82 Å². The lowest BCUT2D eigenvalue weighted by Gasteiger charge is -2.17. The van der Waals surface area contributed by atoms with Crippen LogP contribution in [-0.4, -0.2) is 24.5 Å². The number of amides is 3. The molecule has 142 valence electrons. The first kappa shape index (κ1) is 20.2. The molecule has 0 aliphatic carbocycles. The highest BCUT2D eigenvalue weighted by atomic mass is 35.5. The Morgan fingerprint density at radius 3 is 2.41 bits per heavy atom. The van der Waals surface area contributed by atoms with Gasteiger partial charge in [-0.2, -0.15) is 0 Å². The minimum atomic E-state index is -0.819. The number of carbonyl (C=O) groups is 3. The van der Waals surface area contributed by atoms with Gasteiger partial charge in [-0.05, 0) is 29.8 Å². The van der Waals surface area contributed by atoms with Crippen molar-refractivity contribution in [3.63, 3.8) is 0 Å². The molecule has 0 unspecified atom stereocenters. The third kappa shape index (κ3) is 6.59. The molecule has 0 saturated heterocycles. The molecule has 2 aromatic carbocycles. The number of esters is 1. The zero-order valence-corrected chi connectivity index (χ0v) is 14.8. The molecule has 1 atom stereocenters. The normalized spacial score (nSPS) is 11.3. The molecule has 27 heavy (non-hydrogen) atoms. The Bertz CT molecular complexity index is 830. The number of hydrogen-bond donors (Lipinski definition) is 3. The average Bonchev–Trinajstić information content (AvgIpc) is 2.62. The largest absolute Gasteiger partial charge is 0.455 e. The molecule has 2 rings (SSSR count). The van der Waals surface area contributed by atoms with Crippen molar-refractivity contribution < 1.29 is 23.5 Å². The van der Waals surface area contributed by atoms with Crippen molar-refractivity contribution in [1.82, 2.24) is 5.32 Å². The molecule has 0 fully saturated rings. The summed E-state index contributed by atoms with van der Waals surface area (Å²) in [4.78, 5) is 35.0. The molecule has 0 aliphatic heterocycles. The highest BCUT2D eigenvalue weighted by Crippen LogP contribution is 2.20. The quantitative estimate of drug-likeness (QED) is 0.628. The van der Waals surface area contributed by atoms with Crippen LogP contribution in [0.5, 0.6) is 0 Å². The Balaban J connectivity index is 1.91. The lowest BCUT2D eigenvalue weighted by atomic mass is 10.0. The van der Waals surface area contributed by atoms with E-state index in [0.29, 0.717) is 10.6 Å². The third-order valence-electron chi connectivity index (χ3n) is 3.47. The number of primary amides is 1. The lowest BCUT2D eigenvalue weighted by Crippen LogP contribution is -2.35. The summed E-state index contributed by atoms with van der Waals surface area (Å²) in [5.41, 5.74) is 5.70. The van der Waals surface area contributed by atoms with Crippen molar-refractivity contribution in [2.75, 3.05) is 11.9 Å². The molecule has 0 saturated carbocycles. The smallest absolute Gasteiger partial charge is 0.312 e. The summed E-state index contributed by atoms with van der Waals surface area (Å²) in [6, 6.07) is 10.5. The van der Waals surface area contributed by atoms with E-state index in [1.165, 1.54) is 18.2 Å². The Labute approximate surface area is 159 Å². The molecule has 0 radical (unpaired) electrons. The number of halogens is 2. The summed E-state index contributed by atoms with van der Waals surface area (Å²) >= 11 is 5.82. The van der Waals surface area contributed by atoms with Crippen LogP contribution in [0.2, 0.25) is 5.02 Å². The highest BCUT2D eigenvalue weighted by Gasteiger charge is 2.19. The van der Waals surface area contributed by atoms with E-state index in [-0.39, 0.29) is 12.1 Å². The van der Waals surface area contributed by atoms with Gasteiger partial charge in [-0.1, -0.05) is 35.9 Å². The molecule has 0 aromatic heterocycles. The number of carbonyl (C=O) groups excluding carboxylic acids is 3. The molecule has 0 bridgehead atoms. The van der Waals surface area contributed by atoms with Gasteiger partial charge in [0.1, 0.15) is 5.82 Å². The van der Waals surface area contributed by atoms with Gasteiger partial charge in [0.25, 0.3) is 5.91 Å². The number of anilines is 1. The van der Waals surface area contributed by atoms with Gasteiger partial charge in [0.15, 0.2) is 6.61 Å².